The highest BCUT2D eigenvalue weighted by Crippen LogP contribution is 2.25. The molecule has 104 valence electrons. The van der Waals surface area contributed by atoms with Gasteiger partial charge in [0.1, 0.15) is 0 Å². The Labute approximate surface area is 117 Å². The lowest BCUT2D eigenvalue weighted by Gasteiger charge is -2.18. The topological polar surface area (TPSA) is 67.6 Å². The molecule has 1 heterocycles. The fourth-order valence-corrected chi connectivity index (χ4v) is 2.53. The zero-order chi connectivity index (χ0) is 13.8. The number of nitrogens with one attached hydrogen (secondary N) is 1. The van der Waals surface area contributed by atoms with Crippen LogP contribution >= 0.6 is 11.6 Å². The Balaban J connectivity index is 1.93. The number of carbonyl (C=O) groups is 1. The van der Waals surface area contributed by atoms with E-state index in [4.69, 9.17) is 17.3 Å². The lowest BCUT2D eigenvalue weighted by atomic mass is 10.1. The molecule has 1 unspecified atom stereocenters. The third-order valence-electron chi connectivity index (χ3n) is 3.32. The first-order chi connectivity index (χ1) is 9.10. The number of hydrogen-bond acceptors (Lipinski definition) is 4. The van der Waals surface area contributed by atoms with Gasteiger partial charge >= 0.3 is 6.09 Å². The summed E-state index contributed by atoms with van der Waals surface area (Å²) in [6.45, 7) is 2.38. The number of alkyl carbamates (subject to hydrolysis) is 1. The van der Waals surface area contributed by atoms with Gasteiger partial charge in [0.05, 0.1) is 7.11 Å². The highest BCUT2D eigenvalue weighted by molar-refractivity contribution is 6.31. The Morgan fingerprint density at radius 2 is 2.42 bits per heavy atom. The molecular weight excluding hydrogens is 266 g/mol. The Morgan fingerprint density at radius 3 is 3.11 bits per heavy atom. The van der Waals surface area contributed by atoms with E-state index >= 15 is 0 Å². The molecule has 1 aromatic carbocycles. The number of ether oxygens (including phenoxy) is 1. The minimum absolute atomic E-state index is 0.121. The highest BCUT2D eigenvalue weighted by Gasteiger charge is 2.24. The molecule has 1 amide bonds. The van der Waals surface area contributed by atoms with Gasteiger partial charge in [0.25, 0.3) is 0 Å². The second kappa shape index (κ2) is 6.12. The number of hydrogen-bond donors (Lipinski definition) is 2. The van der Waals surface area contributed by atoms with Crippen LogP contribution < -0.4 is 11.1 Å². The molecule has 2 rings (SSSR count). The van der Waals surface area contributed by atoms with Crippen molar-refractivity contribution in [1.29, 1.82) is 0 Å². The van der Waals surface area contributed by atoms with Crippen LogP contribution in [0.4, 0.5) is 10.5 Å². The SMILES string of the molecule is COC(=O)NC1CCN(Cc2c(N)cccc2Cl)C1. The molecule has 0 aromatic heterocycles. The van der Waals surface area contributed by atoms with Crippen LogP contribution in [0.1, 0.15) is 12.0 Å². The number of nitrogens with zero attached hydrogens (tertiary/aromatic N) is 1. The van der Waals surface area contributed by atoms with Gasteiger partial charge in [-0.05, 0) is 18.6 Å². The molecule has 19 heavy (non-hydrogen) atoms. The van der Waals surface area contributed by atoms with Gasteiger partial charge in [-0.3, -0.25) is 4.90 Å². The van der Waals surface area contributed by atoms with Crippen LogP contribution in [-0.2, 0) is 11.3 Å². The molecule has 1 aliphatic heterocycles. The molecule has 0 bridgehead atoms. The summed E-state index contributed by atoms with van der Waals surface area (Å²) >= 11 is 6.15. The predicted molar refractivity (Wildman–Crippen MR) is 75.1 cm³/mol. The van der Waals surface area contributed by atoms with Crippen molar-refractivity contribution in [2.24, 2.45) is 0 Å². The fraction of sp³-hybridized carbons (Fsp3) is 0.462. The van der Waals surface area contributed by atoms with Crippen molar-refractivity contribution < 1.29 is 9.53 Å². The summed E-state index contributed by atoms with van der Waals surface area (Å²) < 4.78 is 4.59. The monoisotopic (exact) mass is 283 g/mol. The van der Waals surface area contributed by atoms with Crippen molar-refractivity contribution in [2.45, 2.75) is 19.0 Å². The van der Waals surface area contributed by atoms with E-state index in [-0.39, 0.29) is 12.1 Å². The van der Waals surface area contributed by atoms with Gasteiger partial charge in [0, 0.05) is 41.9 Å². The summed E-state index contributed by atoms with van der Waals surface area (Å²) in [4.78, 5) is 13.4. The minimum atomic E-state index is -0.385. The number of methoxy groups -OCH3 is 1. The van der Waals surface area contributed by atoms with Gasteiger partial charge in [-0.1, -0.05) is 17.7 Å². The van der Waals surface area contributed by atoms with Crippen molar-refractivity contribution >= 4 is 23.4 Å². The van der Waals surface area contributed by atoms with Crippen molar-refractivity contribution in [3.05, 3.63) is 28.8 Å². The number of halogens is 1. The first-order valence-corrected chi connectivity index (χ1v) is 6.57. The van der Waals surface area contributed by atoms with Crippen LogP contribution in [0.2, 0.25) is 5.02 Å². The van der Waals surface area contributed by atoms with Crippen molar-refractivity contribution in [3.8, 4) is 0 Å². The molecule has 0 aliphatic carbocycles. The van der Waals surface area contributed by atoms with E-state index < -0.39 is 0 Å². The van der Waals surface area contributed by atoms with Crippen LogP contribution in [0.15, 0.2) is 18.2 Å². The van der Waals surface area contributed by atoms with Gasteiger partial charge in [0.2, 0.25) is 0 Å². The third kappa shape index (κ3) is 3.52. The van der Waals surface area contributed by atoms with E-state index in [1.165, 1.54) is 7.11 Å². The third-order valence-corrected chi connectivity index (χ3v) is 3.67. The largest absolute Gasteiger partial charge is 0.453 e. The predicted octanol–water partition coefficient (Wildman–Crippen LogP) is 1.85. The number of anilines is 1. The molecule has 1 fully saturated rings. The average Bonchev–Trinajstić information content (AvgIpc) is 2.81. The summed E-state index contributed by atoms with van der Waals surface area (Å²) in [5.74, 6) is 0. The van der Waals surface area contributed by atoms with Crippen LogP contribution in [0.25, 0.3) is 0 Å². The van der Waals surface area contributed by atoms with Gasteiger partial charge < -0.3 is 15.8 Å². The quantitative estimate of drug-likeness (QED) is 0.831. The smallest absolute Gasteiger partial charge is 0.407 e. The molecule has 1 aliphatic rings. The number of amides is 1. The number of carbonyl (C=O) groups excluding carboxylic acids is 1. The lowest BCUT2D eigenvalue weighted by Crippen LogP contribution is -2.36. The van der Waals surface area contributed by atoms with Gasteiger partial charge in [0.15, 0.2) is 0 Å². The molecule has 1 atom stereocenters. The first-order valence-electron chi connectivity index (χ1n) is 6.20. The molecule has 0 spiro atoms. The molecule has 3 N–H and O–H groups in total. The Bertz CT molecular complexity index is 447. The van der Waals surface area contributed by atoms with E-state index in [0.717, 1.165) is 25.1 Å². The van der Waals surface area contributed by atoms with Crippen LogP contribution in [0.3, 0.4) is 0 Å². The summed E-state index contributed by atoms with van der Waals surface area (Å²) in [5, 5.41) is 3.49. The Kier molecular flexibility index (Phi) is 4.50. The number of nitrogen functional groups attached to an aromatic ring is 1. The second-order valence-electron chi connectivity index (χ2n) is 4.66. The molecule has 1 saturated heterocycles. The number of rotatable bonds is 3. The van der Waals surface area contributed by atoms with Crippen LogP contribution in [-0.4, -0.2) is 37.2 Å². The normalized spacial score (nSPS) is 19.4. The summed E-state index contributed by atoms with van der Waals surface area (Å²) in [5.41, 5.74) is 7.59. The fourth-order valence-electron chi connectivity index (χ4n) is 2.29. The van der Waals surface area contributed by atoms with Gasteiger partial charge in [-0.25, -0.2) is 4.79 Å². The highest BCUT2D eigenvalue weighted by atomic mass is 35.5. The number of benzene rings is 1. The maximum Gasteiger partial charge on any atom is 0.407 e. The zero-order valence-electron chi connectivity index (χ0n) is 10.9. The lowest BCUT2D eigenvalue weighted by molar-refractivity contribution is 0.166. The van der Waals surface area contributed by atoms with Gasteiger partial charge in [-0.2, -0.15) is 0 Å². The number of nitrogens with two attached hydrogens (primary N) is 1. The van der Waals surface area contributed by atoms with Crippen LogP contribution in [0, 0.1) is 0 Å². The van der Waals surface area contributed by atoms with E-state index in [0.29, 0.717) is 17.3 Å². The second-order valence-corrected chi connectivity index (χ2v) is 5.07. The van der Waals surface area contributed by atoms with E-state index in [1.807, 2.05) is 18.2 Å². The summed E-state index contributed by atoms with van der Waals surface area (Å²) in [6, 6.07) is 5.65. The Hall–Kier alpha value is -1.46. The maximum atomic E-state index is 11.1. The molecule has 0 saturated carbocycles. The van der Waals surface area contributed by atoms with E-state index in [2.05, 4.69) is 15.0 Å². The number of likely N-dealkylation sites (tertiary alicyclic amines) is 1. The van der Waals surface area contributed by atoms with E-state index in [1.54, 1.807) is 0 Å². The summed E-state index contributed by atoms with van der Waals surface area (Å²) in [6.07, 6.45) is 0.517. The molecule has 0 radical (unpaired) electrons. The van der Waals surface area contributed by atoms with Crippen molar-refractivity contribution in [3.63, 3.8) is 0 Å². The zero-order valence-corrected chi connectivity index (χ0v) is 11.6. The van der Waals surface area contributed by atoms with Gasteiger partial charge in [-0.15, -0.1) is 0 Å². The Morgan fingerprint density at radius 1 is 1.63 bits per heavy atom. The molecule has 5 nitrogen and oxygen atoms in total. The summed E-state index contributed by atoms with van der Waals surface area (Å²) in [7, 11) is 1.37. The average molecular weight is 284 g/mol. The molecule has 6 heteroatoms. The minimum Gasteiger partial charge on any atom is -0.453 e. The maximum absolute atomic E-state index is 11.1. The van der Waals surface area contributed by atoms with Crippen molar-refractivity contribution in [1.82, 2.24) is 10.2 Å². The van der Waals surface area contributed by atoms with Crippen LogP contribution in [0.5, 0.6) is 0 Å². The van der Waals surface area contributed by atoms with Crippen molar-refractivity contribution in [2.75, 3.05) is 25.9 Å². The molecule has 1 aromatic rings. The standard InChI is InChI=1S/C13H18ClN3O2/c1-19-13(18)16-9-5-6-17(7-9)8-10-11(14)3-2-4-12(10)15/h2-4,9H,5-8,15H2,1H3,(H,16,18). The van der Waals surface area contributed by atoms with E-state index in [9.17, 15) is 4.79 Å². The first kappa shape index (κ1) is 14.0. The molecular formula is C13H18ClN3O2.